The second-order valence-electron chi connectivity index (χ2n) is 6.70. The highest BCUT2D eigenvalue weighted by Crippen LogP contribution is 2.39. The van der Waals surface area contributed by atoms with Crippen LogP contribution >= 0.6 is 0 Å². The number of esters is 1. The summed E-state index contributed by atoms with van der Waals surface area (Å²) in [5.41, 5.74) is 3.07. The molecule has 1 heterocycles. The zero-order valence-electron chi connectivity index (χ0n) is 14.1. The van der Waals surface area contributed by atoms with Crippen LogP contribution in [0.3, 0.4) is 0 Å². The van der Waals surface area contributed by atoms with Crippen LogP contribution in [0.15, 0.2) is 28.4 Å². The zero-order chi connectivity index (χ0) is 18.9. The lowest BCUT2D eigenvalue weighted by Gasteiger charge is -2.27. The largest absolute Gasteiger partial charge is 0.509 e. The van der Waals surface area contributed by atoms with Crippen molar-refractivity contribution in [2.75, 3.05) is 12.3 Å². The minimum Gasteiger partial charge on any atom is -0.509 e. The number of ether oxygens (including phenoxy) is 1. The van der Waals surface area contributed by atoms with E-state index in [2.05, 4.69) is 4.98 Å². The molecule has 9 heteroatoms. The number of nitriles is 1. The van der Waals surface area contributed by atoms with Crippen molar-refractivity contribution in [3.63, 3.8) is 0 Å². The molecule has 0 bridgehead atoms. The molecule has 1 unspecified atom stereocenters. The topological polar surface area (TPSA) is 151 Å². The Kier molecular flexibility index (Phi) is 4.70. The van der Waals surface area contributed by atoms with E-state index >= 15 is 0 Å². The molecular formula is C17H20N4O5. The summed E-state index contributed by atoms with van der Waals surface area (Å²) in [5.74, 6) is -0.976. The average molecular weight is 360 g/mol. The molecule has 0 amide bonds. The second-order valence-corrected chi connectivity index (χ2v) is 6.70. The smallest absolute Gasteiger partial charge is 0.350 e. The highest BCUT2D eigenvalue weighted by Gasteiger charge is 2.50. The number of hydrogen-bond donors (Lipinski definition) is 3. The molecule has 0 saturated heterocycles. The molecule has 0 aliphatic heterocycles. The number of nitrogen functional groups attached to an aromatic ring is 1. The van der Waals surface area contributed by atoms with Gasteiger partial charge in [-0.3, -0.25) is 9.36 Å². The van der Waals surface area contributed by atoms with Gasteiger partial charge in [-0.15, -0.1) is 0 Å². The Morgan fingerprint density at radius 2 is 2.19 bits per heavy atom. The Balaban J connectivity index is 1.80. The lowest BCUT2D eigenvalue weighted by atomic mass is 9.94. The van der Waals surface area contributed by atoms with Crippen molar-refractivity contribution in [2.45, 2.75) is 43.7 Å². The zero-order valence-corrected chi connectivity index (χ0v) is 14.1. The fourth-order valence-electron chi connectivity index (χ4n) is 3.59. The molecule has 0 spiro atoms. The quantitative estimate of drug-likeness (QED) is 0.651. The number of aromatic nitrogens is 2. The molecule has 1 aromatic heterocycles. The van der Waals surface area contributed by atoms with Crippen molar-refractivity contribution in [2.24, 2.45) is 5.92 Å². The summed E-state index contributed by atoms with van der Waals surface area (Å²) < 4.78 is 6.19. The lowest BCUT2D eigenvalue weighted by Crippen LogP contribution is -2.47. The summed E-state index contributed by atoms with van der Waals surface area (Å²) in [7, 11) is 0. The van der Waals surface area contributed by atoms with Crippen LogP contribution in [0.1, 0.15) is 32.1 Å². The van der Waals surface area contributed by atoms with E-state index in [0.717, 1.165) is 30.3 Å². The van der Waals surface area contributed by atoms with E-state index in [-0.39, 0.29) is 36.3 Å². The Morgan fingerprint density at radius 3 is 2.81 bits per heavy atom. The Morgan fingerprint density at radius 1 is 1.50 bits per heavy atom. The molecule has 1 saturated carbocycles. The van der Waals surface area contributed by atoms with Crippen molar-refractivity contribution in [3.8, 4) is 6.07 Å². The number of nitrogens with two attached hydrogens (primary N) is 1. The Labute approximate surface area is 149 Å². The van der Waals surface area contributed by atoms with Gasteiger partial charge in [0.1, 0.15) is 24.3 Å². The van der Waals surface area contributed by atoms with Gasteiger partial charge in [0.05, 0.1) is 12.0 Å². The van der Waals surface area contributed by atoms with E-state index < -0.39 is 23.1 Å². The van der Waals surface area contributed by atoms with Crippen LogP contribution in [-0.2, 0) is 15.1 Å². The molecule has 138 valence electrons. The Bertz CT molecular complexity index is 849. The van der Waals surface area contributed by atoms with Crippen LogP contribution in [0.2, 0.25) is 0 Å². The van der Waals surface area contributed by atoms with Gasteiger partial charge in [-0.2, -0.15) is 10.2 Å². The molecular weight excluding hydrogens is 340 g/mol. The number of nitrogens with zero attached hydrogens (tertiary/aromatic N) is 3. The third kappa shape index (κ3) is 2.93. The molecule has 0 aromatic carbocycles. The van der Waals surface area contributed by atoms with Gasteiger partial charge < -0.3 is 20.7 Å². The predicted molar refractivity (Wildman–Crippen MR) is 89.7 cm³/mol. The maximum atomic E-state index is 12.1. The molecule has 4 N–H and O–H groups in total. The maximum absolute atomic E-state index is 12.1. The third-order valence-corrected chi connectivity index (χ3v) is 5.08. The summed E-state index contributed by atoms with van der Waals surface area (Å²) in [6.07, 6.45) is 2.96. The molecule has 2 aliphatic rings. The van der Waals surface area contributed by atoms with Crippen molar-refractivity contribution in [1.29, 1.82) is 5.26 Å². The van der Waals surface area contributed by atoms with E-state index in [1.54, 1.807) is 0 Å². The standard InChI is InChI=1S/C17H20N4O5/c18-9-17(21-6-5-12(19)20-16(21)25)7-11(13(22)14(17)23)8-26-15(24)10-3-1-2-4-10/h5-6,10,14,22-23H,1-4,7-8H2,(H2,19,20,25)/t14?,17-/m0/s1. The first-order valence-electron chi connectivity index (χ1n) is 8.41. The van der Waals surface area contributed by atoms with E-state index in [1.165, 1.54) is 12.3 Å². The van der Waals surface area contributed by atoms with Gasteiger partial charge in [0.15, 0.2) is 5.54 Å². The normalized spacial score (nSPS) is 26.1. The molecule has 26 heavy (non-hydrogen) atoms. The molecule has 9 nitrogen and oxygen atoms in total. The first-order chi connectivity index (χ1) is 12.4. The number of anilines is 1. The molecule has 3 rings (SSSR count). The molecule has 1 aromatic rings. The van der Waals surface area contributed by atoms with Gasteiger partial charge in [0, 0.05) is 18.2 Å². The summed E-state index contributed by atoms with van der Waals surface area (Å²) in [6.45, 7) is -0.237. The van der Waals surface area contributed by atoms with E-state index in [1.807, 2.05) is 6.07 Å². The van der Waals surface area contributed by atoms with E-state index in [4.69, 9.17) is 10.5 Å². The van der Waals surface area contributed by atoms with Gasteiger partial charge in [-0.05, 0) is 18.9 Å². The van der Waals surface area contributed by atoms with Gasteiger partial charge in [0.2, 0.25) is 0 Å². The van der Waals surface area contributed by atoms with E-state index in [0.29, 0.717) is 0 Å². The maximum Gasteiger partial charge on any atom is 0.350 e. The fourth-order valence-corrected chi connectivity index (χ4v) is 3.59. The monoisotopic (exact) mass is 360 g/mol. The van der Waals surface area contributed by atoms with Crippen LogP contribution in [0.4, 0.5) is 5.82 Å². The molecule has 0 radical (unpaired) electrons. The van der Waals surface area contributed by atoms with Crippen LogP contribution < -0.4 is 11.4 Å². The lowest BCUT2D eigenvalue weighted by molar-refractivity contribution is -0.147. The van der Waals surface area contributed by atoms with Gasteiger partial charge in [-0.25, -0.2) is 4.79 Å². The summed E-state index contributed by atoms with van der Waals surface area (Å²) in [4.78, 5) is 27.7. The summed E-state index contributed by atoms with van der Waals surface area (Å²) in [5, 5.41) is 30.3. The number of carbonyl (C=O) groups is 1. The second kappa shape index (κ2) is 6.80. The minimum absolute atomic E-state index is 0.0188. The Hall–Kier alpha value is -2.86. The van der Waals surface area contributed by atoms with Gasteiger partial charge in [0.25, 0.3) is 0 Å². The van der Waals surface area contributed by atoms with Crippen molar-refractivity contribution in [1.82, 2.24) is 9.55 Å². The van der Waals surface area contributed by atoms with E-state index in [9.17, 15) is 25.1 Å². The highest BCUT2D eigenvalue weighted by atomic mass is 16.5. The number of hydrogen-bond acceptors (Lipinski definition) is 8. The number of rotatable bonds is 4. The number of carbonyl (C=O) groups excluding carboxylic acids is 1. The van der Waals surface area contributed by atoms with Crippen molar-refractivity contribution in [3.05, 3.63) is 34.1 Å². The SMILES string of the molecule is N#C[C@@]1(n2ccc(N)nc2=O)CC(COC(=O)C2CCCC2)=C(O)C1O. The van der Waals surface area contributed by atoms with Gasteiger partial charge in [-0.1, -0.05) is 12.8 Å². The molecule has 2 atom stereocenters. The van der Waals surface area contributed by atoms with Crippen LogP contribution in [-0.4, -0.2) is 38.4 Å². The first-order valence-corrected chi connectivity index (χ1v) is 8.41. The highest BCUT2D eigenvalue weighted by molar-refractivity contribution is 5.72. The predicted octanol–water partition coefficient (Wildman–Crippen LogP) is 0.354. The van der Waals surface area contributed by atoms with Crippen molar-refractivity contribution >= 4 is 11.8 Å². The fraction of sp³-hybridized carbons (Fsp3) is 0.529. The minimum atomic E-state index is -1.77. The van der Waals surface area contributed by atoms with Crippen LogP contribution in [0, 0.1) is 17.2 Å². The van der Waals surface area contributed by atoms with Crippen LogP contribution in [0.25, 0.3) is 0 Å². The average Bonchev–Trinajstić information content (AvgIpc) is 3.23. The van der Waals surface area contributed by atoms with Crippen molar-refractivity contribution < 1.29 is 19.7 Å². The summed E-state index contributed by atoms with van der Waals surface area (Å²) in [6, 6.07) is 3.22. The number of aliphatic hydroxyl groups excluding tert-OH is 2. The third-order valence-electron chi connectivity index (χ3n) is 5.08. The van der Waals surface area contributed by atoms with Crippen LogP contribution in [0.5, 0.6) is 0 Å². The molecule has 2 aliphatic carbocycles. The molecule has 1 fully saturated rings. The summed E-state index contributed by atoms with van der Waals surface area (Å²) >= 11 is 0. The van der Waals surface area contributed by atoms with Gasteiger partial charge >= 0.3 is 11.7 Å². The first kappa shape index (κ1) is 17.9. The number of aliphatic hydroxyl groups is 2.